The number of hydrogen-bond acceptors (Lipinski definition) is 4. The first-order chi connectivity index (χ1) is 8.72. The Kier molecular flexibility index (Phi) is 4.10. The largest absolute Gasteiger partial charge is 0.365 e. The number of hydrogen-bond donors (Lipinski definition) is 0. The molecule has 0 unspecified atom stereocenters. The van der Waals surface area contributed by atoms with Crippen LogP contribution in [0, 0.1) is 6.92 Å². The fourth-order valence-corrected chi connectivity index (χ4v) is 2.58. The van der Waals surface area contributed by atoms with Crippen LogP contribution in [-0.4, -0.2) is 17.8 Å². The third kappa shape index (κ3) is 2.96. The second-order valence-electron chi connectivity index (χ2n) is 4.13. The molecule has 3 nitrogen and oxygen atoms in total. The van der Waals surface area contributed by atoms with Crippen molar-refractivity contribution in [1.29, 1.82) is 0 Å². The molecule has 94 valence electrons. The van der Waals surface area contributed by atoms with E-state index in [9.17, 15) is 4.79 Å². The highest BCUT2D eigenvalue weighted by molar-refractivity contribution is 7.13. The summed E-state index contributed by atoms with van der Waals surface area (Å²) in [6.07, 6.45) is 2.49. The molecule has 1 heterocycles. The SMILES string of the molecule is CCN(Cc1ncc(C=O)s1)c1cccc(C)c1. The molecule has 0 saturated heterocycles. The summed E-state index contributed by atoms with van der Waals surface area (Å²) >= 11 is 1.45. The maximum Gasteiger partial charge on any atom is 0.161 e. The van der Waals surface area contributed by atoms with Crippen LogP contribution in [0.4, 0.5) is 5.69 Å². The van der Waals surface area contributed by atoms with Gasteiger partial charge in [-0.1, -0.05) is 12.1 Å². The van der Waals surface area contributed by atoms with Gasteiger partial charge >= 0.3 is 0 Å². The van der Waals surface area contributed by atoms with Crippen LogP contribution in [0.5, 0.6) is 0 Å². The van der Waals surface area contributed by atoms with Crippen LogP contribution in [0.2, 0.25) is 0 Å². The molecular weight excluding hydrogens is 244 g/mol. The molecule has 0 aliphatic heterocycles. The average molecular weight is 260 g/mol. The minimum absolute atomic E-state index is 0.685. The van der Waals surface area contributed by atoms with Gasteiger partial charge in [-0.15, -0.1) is 11.3 Å². The second kappa shape index (κ2) is 5.78. The van der Waals surface area contributed by atoms with Crippen molar-refractivity contribution in [2.75, 3.05) is 11.4 Å². The van der Waals surface area contributed by atoms with E-state index < -0.39 is 0 Å². The number of rotatable bonds is 5. The van der Waals surface area contributed by atoms with Gasteiger partial charge in [0.05, 0.1) is 11.4 Å². The lowest BCUT2D eigenvalue weighted by atomic mass is 10.2. The summed E-state index contributed by atoms with van der Waals surface area (Å²) in [4.78, 5) is 17.9. The average Bonchev–Trinajstić information content (AvgIpc) is 2.83. The van der Waals surface area contributed by atoms with Crippen molar-refractivity contribution < 1.29 is 4.79 Å². The third-order valence-corrected chi connectivity index (χ3v) is 3.67. The Hall–Kier alpha value is -1.68. The van der Waals surface area contributed by atoms with E-state index in [1.54, 1.807) is 6.20 Å². The van der Waals surface area contributed by atoms with E-state index in [0.717, 1.165) is 24.4 Å². The molecule has 0 N–H and O–H groups in total. The Morgan fingerprint density at radius 2 is 2.28 bits per heavy atom. The lowest BCUT2D eigenvalue weighted by molar-refractivity contribution is 0.112. The maximum absolute atomic E-state index is 10.6. The van der Waals surface area contributed by atoms with Gasteiger partial charge in [0.2, 0.25) is 0 Å². The summed E-state index contributed by atoms with van der Waals surface area (Å²) in [6, 6.07) is 8.42. The fourth-order valence-electron chi connectivity index (χ4n) is 1.83. The summed E-state index contributed by atoms with van der Waals surface area (Å²) < 4.78 is 0. The standard InChI is InChI=1S/C14H16N2OS/c1-3-16(12-6-4-5-11(2)7-12)9-14-15-8-13(10-17)18-14/h4-8,10H,3,9H2,1-2H3. The minimum Gasteiger partial charge on any atom is -0.365 e. The molecule has 0 spiro atoms. The number of carbonyl (C=O) groups is 1. The molecule has 1 aromatic heterocycles. The molecule has 0 aliphatic rings. The molecule has 0 atom stereocenters. The van der Waals surface area contributed by atoms with Gasteiger partial charge in [0.1, 0.15) is 5.01 Å². The van der Waals surface area contributed by atoms with Crippen LogP contribution in [0.3, 0.4) is 0 Å². The fraction of sp³-hybridized carbons (Fsp3) is 0.286. The van der Waals surface area contributed by atoms with Crippen molar-refractivity contribution in [3.8, 4) is 0 Å². The summed E-state index contributed by atoms with van der Waals surface area (Å²) in [6.45, 7) is 5.87. The van der Waals surface area contributed by atoms with Crippen LogP contribution in [0.25, 0.3) is 0 Å². The van der Waals surface area contributed by atoms with E-state index in [-0.39, 0.29) is 0 Å². The highest BCUT2D eigenvalue weighted by atomic mass is 32.1. The highest BCUT2D eigenvalue weighted by Gasteiger charge is 2.08. The molecule has 0 amide bonds. The molecule has 0 bridgehead atoms. The Balaban J connectivity index is 2.16. The van der Waals surface area contributed by atoms with Crippen molar-refractivity contribution in [3.63, 3.8) is 0 Å². The van der Waals surface area contributed by atoms with Gasteiger partial charge in [-0.25, -0.2) is 4.98 Å². The van der Waals surface area contributed by atoms with Crippen molar-refractivity contribution in [2.24, 2.45) is 0 Å². The smallest absolute Gasteiger partial charge is 0.161 e. The van der Waals surface area contributed by atoms with Crippen LogP contribution in [-0.2, 0) is 6.54 Å². The highest BCUT2D eigenvalue weighted by Crippen LogP contribution is 2.20. The normalized spacial score (nSPS) is 10.3. The molecule has 2 rings (SSSR count). The van der Waals surface area contributed by atoms with E-state index in [2.05, 4.69) is 48.0 Å². The van der Waals surface area contributed by atoms with E-state index in [1.807, 2.05) is 0 Å². The third-order valence-electron chi connectivity index (χ3n) is 2.76. The monoisotopic (exact) mass is 260 g/mol. The minimum atomic E-state index is 0.685. The lowest BCUT2D eigenvalue weighted by Crippen LogP contribution is -2.21. The zero-order chi connectivity index (χ0) is 13.0. The Bertz CT molecular complexity index is 536. The first kappa shape index (κ1) is 12.8. The summed E-state index contributed by atoms with van der Waals surface area (Å²) in [7, 11) is 0. The van der Waals surface area contributed by atoms with Crippen LogP contribution in [0.1, 0.15) is 27.2 Å². The Labute approximate surface area is 111 Å². The first-order valence-corrected chi connectivity index (χ1v) is 6.76. The number of benzene rings is 1. The zero-order valence-electron chi connectivity index (χ0n) is 10.6. The van der Waals surface area contributed by atoms with Gasteiger partial charge in [-0.2, -0.15) is 0 Å². The molecule has 0 saturated carbocycles. The summed E-state index contributed by atoms with van der Waals surface area (Å²) in [5, 5.41) is 0.973. The molecule has 18 heavy (non-hydrogen) atoms. The topological polar surface area (TPSA) is 33.2 Å². The van der Waals surface area contributed by atoms with E-state index in [4.69, 9.17) is 0 Å². The number of carbonyl (C=O) groups excluding carboxylic acids is 1. The Morgan fingerprint density at radius 1 is 1.44 bits per heavy atom. The van der Waals surface area contributed by atoms with Gasteiger partial charge in [-0.3, -0.25) is 4.79 Å². The van der Waals surface area contributed by atoms with Crippen LogP contribution >= 0.6 is 11.3 Å². The number of aldehydes is 1. The van der Waals surface area contributed by atoms with Crippen molar-refractivity contribution in [3.05, 3.63) is 45.9 Å². The predicted molar refractivity (Wildman–Crippen MR) is 75.4 cm³/mol. The van der Waals surface area contributed by atoms with Crippen molar-refractivity contribution in [1.82, 2.24) is 4.98 Å². The molecule has 0 fully saturated rings. The molecule has 2 aromatic rings. The molecular formula is C14H16N2OS. The van der Waals surface area contributed by atoms with Gasteiger partial charge in [0.25, 0.3) is 0 Å². The quantitative estimate of drug-likeness (QED) is 0.773. The number of anilines is 1. The zero-order valence-corrected chi connectivity index (χ0v) is 11.4. The van der Waals surface area contributed by atoms with Crippen molar-refractivity contribution in [2.45, 2.75) is 20.4 Å². The van der Waals surface area contributed by atoms with E-state index >= 15 is 0 Å². The van der Waals surface area contributed by atoms with Gasteiger partial charge in [0.15, 0.2) is 6.29 Å². The molecule has 1 aromatic carbocycles. The van der Waals surface area contributed by atoms with E-state index in [1.165, 1.54) is 22.6 Å². The van der Waals surface area contributed by atoms with E-state index in [0.29, 0.717) is 4.88 Å². The summed E-state index contributed by atoms with van der Waals surface area (Å²) in [5.41, 5.74) is 2.44. The van der Waals surface area contributed by atoms with Crippen LogP contribution in [0.15, 0.2) is 30.5 Å². The summed E-state index contributed by atoms with van der Waals surface area (Å²) in [5.74, 6) is 0. The number of nitrogens with zero attached hydrogens (tertiary/aromatic N) is 2. The van der Waals surface area contributed by atoms with Crippen molar-refractivity contribution >= 4 is 23.3 Å². The second-order valence-corrected chi connectivity index (χ2v) is 5.27. The number of thiazole rings is 1. The maximum atomic E-state index is 10.6. The van der Waals surface area contributed by atoms with Gasteiger partial charge < -0.3 is 4.90 Å². The predicted octanol–water partition coefficient (Wildman–Crippen LogP) is 3.29. The Morgan fingerprint density at radius 3 is 2.89 bits per heavy atom. The molecule has 0 aliphatic carbocycles. The molecule has 4 heteroatoms. The number of aromatic nitrogens is 1. The molecule has 0 radical (unpaired) electrons. The number of aryl methyl sites for hydroxylation is 1. The first-order valence-electron chi connectivity index (χ1n) is 5.94. The van der Waals surface area contributed by atoms with Gasteiger partial charge in [-0.05, 0) is 31.5 Å². The lowest BCUT2D eigenvalue weighted by Gasteiger charge is -2.22. The van der Waals surface area contributed by atoms with Crippen LogP contribution < -0.4 is 4.90 Å². The van der Waals surface area contributed by atoms with Gasteiger partial charge in [0, 0.05) is 18.4 Å².